The lowest BCUT2D eigenvalue weighted by atomic mass is 10.1. The molecule has 0 bridgehead atoms. The minimum absolute atomic E-state index is 0.643. The SMILES string of the molecule is CCCN(Cc1c(C)nn(C)c1OC)CC1CCCN1. The maximum atomic E-state index is 5.50. The van der Waals surface area contributed by atoms with Crippen molar-refractivity contribution in [2.24, 2.45) is 7.05 Å². The molecule has 1 unspecified atom stereocenters. The van der Waals surface area contributed by atoms with Gasteiger partial charge in [0.05, 0.1) is 18.4 Å². The lowest BCUT2D eigenvalue weighted by Gasteiger charge is -2.25. The first-order valence-corrected chi connectivity index (χ1v) is 7.67. The summed E-state index contributed by atoms with van der Waals surface area (Å²) in [6.45, 7) is 8.63. The Morgan fingerprint density at radius 1 is 1.50 bits per heavy atom. The summed E-state index contributed by atoms with van der Waals surface area (Å²) in [6.07, 6.45) is 3.78. The van der Waals surface area contributed by atoms with Crippen LogP contribution in [0.5, 0.6) is 5.88 Å². The van der Waals surface area contributed by atoms with E-state index in [4.69, 9.17) is 4.74 Å². The third-order valence-corrected chi connectivity index (χ3v) is 4.04. The number of hydrogen-bond acceptors (Lipinski definition) is 4. The van der Waals surface area contributed by atoms with Crippen LogP contribution in [0, 0.1) is 6.92 Å². The molecule has 0 spiro atoms. The van der Waals surface area contributed by atoms with Gasteiger partial charge in [-0.15, -0.1) is 0 Å². The Hall–Kier alpha value is -1.07. The summed E-state index contributed by atoms with van der Waals surface area (Å²) in [7, 11) is 3.67. The number of nitrogens with zero attached hydrogens (tertiary/aromatic N) is 3. The maximum Gasteiger partial charge on any atom is 0.216 e. The van der Waals surface area contributed by atoms with Gasteiger partial charge < -0.3 is 10.1 Å². The van der Waals surface area contributed by atoms with Gasteiger partial charge in [-0.3, -0.25) is 4.90 Å². The third kappa shape index (κ3) is 3.52. The zero-order valence-corrected chi connectivity index (χ0v) is 13.3. The zero-order valence-electron chi connectivity index (χ0n) is 13.3. The summed E-state index contributed by atoms with van der Waals surface area (Å²) in [5.74, 6) is 0.892. The Morgan fingerprint density at radius 2 is 2.30 bits per heavy atom. The molecule has 1 aliphatic heterocycles. The lowest BCUT2D eigenvalue weighted by molar-refractivity contribution is 0.237. The molecule has 1 N–H and O–H groups in total. The Bertz CT molecular complexity index is 424. The van der Waals surface area contributed by atoms with Crippen molar-refractivity contribution >= 4 is 0 Å². The molecule has 0 saturated carbocycles. The molecule has 0 radical (unpaired) electrons. The molecule has 1 fully saturated rings. The second kappa shape index (κ2) is 7.09. The Morgan fingerprint density at radius 3 is 2.90 bits per heavy atom. The number of ether oxygens (including phenoxy) is 1. The lowest BCUT2D eigenvalue weighted by Crippen LogP contribution is -2.37. The summed E-state index contributed by atoms with van der Waals surface area (Å²) in [4.78, 5) is 2.52. The number of aryl methyl sites for hydroxylation is 2. The first kappa shape index (κ1) is 15.3. The Balaban J connectivity index is 2.06. The fraction of sp³-hybridized carbons (Fsp3) is 0.800. The van der Waals surface area contributed by atoms with Crippen molar-refractivity contribution in [3.05, 3.63) is 11.3 Å². The van der Waals surface area contributed by atoms with Crippen LogP contribution in [0.25, 0.3) is 0 Å². The van der Waals surface area contributed by atoms with E-state index in [0.29, 0.717) is 6.04 Å². The van der Waals surface area contributed by atoms with Crippen molar-refractivity contribution in [1.29, 1.82) is 0 Å². The van der Waals surface area contributed by atoms with E-state index in [1.807, 2.05) is 11.7 Å². The predicted octanol–water partition coefficient (Wildman–Crippen LogP) is 1.70. The topological polar surface area (TPSA) is 42.3 Å². The Labute approximate surface area is 122 Å². The van der Waals surface area contributed by atoms with Gasteiger partial charge in [0.15, 0.2) is 0 Å². The molecule has 0 aromatic carbocycles. The highest BCUT2D eigenvalue weighted by Gasteiger charge is 2.21. The van der Waals surface area contributed by atoms with Gasteiger partial charge in [0.1, 0.15) is 0 Å². The van der Waals surface area contributed by atoms with E-state index in [-0.39, 0.29) is 0 Å². The molecule has 5 nitrogen and oxygen atoms in total. The quantitative estimate of drug-likeness (QED) is 0.825. The fourth-order valence-corrected chi connectivity index (χ4v) is 3.12. The van der Waals surface area contributed by atoms with Crippen LogP contribution in [-0.2, 0) is 13.6 Å². The van der Waals surface area contributed by atoms with E-state index in [9.17, 15) is 0 Å². The normalized spacial score (nSPS) is 18.9. The molecule has 1 aliphatic rings. The molecule has 2 rings (SSSR count). The highest BCUT2D eigenvalue weighted by atomic mass is 16.5. The van der Waals surface area contributed by atoms with Crippen molar-refractivity contribution in [3.63, 3.8) is 0 Å². The van der Waals surface area contributed by atoms with E-state index >= 15 is 0 Å². The summed E-state index contributed by atoms with van der Waals surface area (Å²) in [5.41, 5.74) is 2.30. The van der Waals surface area contributed by atoms with E-state index < -0.39 is 0 Å². The van der Waals surface area contributed by atoms with Crippen LogP contribution in [0.2, 0.25) is 0 Å². The summed E-state index contributed by atoms with van der Waals surface area (Å²) in [6, 6.07) is 0.643. The van der Waals surface area contributed by atoms with Gasteiger partial charge in [0.2, 0.25) is 5.88 Å². The molecule has 20 heavy (non-hydrogen) atoms. The average Bonchev–Trinajstić information content (AvgIpc) is 2.99. The van der Waals surface area contributed by atoms with Gasteiger partial charge in [-0.1, -0.05) is 6.92 Å². The largest absolute Gasteiger partial charge is 0.481 e. The van der Waals surface area contributed by atoms with Crippen LogP contribution in [-0.4, -0.2) is 47.5 Å². The number of nitrogens with one attached hydrogen (secondary N) is 1. The first-order valence-electron chi connectivity index (χ1n) is 7.67. The molecule has 1 aromatic rings. The van der Waals surface area contributed by atoms with Crippen molar-refractivity contribution in [2.45, 2.75) is 45.7 Å². The number of aromatic nitrogens is 2. The third-order valence-electron chi connectivity index (χ3n) is 4.04. The molecule has 0 amide bonds. The molecular formula is C15H28N4O. The van der Waals surface area contributed by atoms with Gasteiger partial charge >= 0.3 is 0 Å². The first-order chi connectivity index (χ1) is 9.65. The van der Waals surface area contributed by atoms with Gasteiger partial charge in [-0.05, 0) is 39.3 Å². The van der Waals surface area contributed by atoms with Crippen molar-refractivity contribution < 1.29 is 4.74 Å². The second-order valence-electron chi connectivity index (χ2n) is 5.73. The van der Waals surface area contributed by atoms with Crippen LogP contribution < -0.4 is 10.1 Å². The smallest absolute Gasteiger partial charge is 0.216 e. The Kier molecular flexibility index (Phi) is 5.43. The fourth-order valence-electron chi connectivity index (χ4n) is 3.12. The standard InChI is InChI=1S/C15H28N4O/c1-5-9-19(10-13-7-6-8-16-13)11-14-12(2)17-18(3)15(14)20-4/h13,16H,5-11H2,1-4H3. The minimum atomic E-state index is 0.643. The molecule has 0 aliphatic carbocycles. The van der Waals surface area contributed by atoms with Gasteiger partial charge in [-0.25, -0.2) is 4.68 Å². The molecule has 1 atom stereocenters. The number of hydrogen-bond donors (Lipinski definition) is 1. The zero-order chi connectivity index (χ0) is 14.5. The van der Waals surface area contributed by atoms with Crippen LogP contribution in [0.4, 0.5) is 0 Å². The second-order valence-corrected chi connectivity index (χ2v) is 5.73. The van der Waals surface area contributed by atoms with E-state index in [2.05, 4.69) is 29.2 Å². The maximum absolute atomic E-state index is 5.50. The van der Waals surface area contributed by atoms with Crippen LogP contribution in [0.15, 0.2) is 0 Å². The highest BCUT2D eigenvalue weighted by Crippen LogP contribution is 2.23. The molecule has 1 saturated heterocycles. The highest BCUT2D eigenvalue weighted by molar-refractivity contribution is 5.30. The number of rotatable bonds is 7. The monoisotopic (exact) mass is 280 g/mol. The van der Waals surface area contributed by atoms with Crippen LogP contribution in [0.3, 0.4) is 0 Å². The summed E-state index contributed by atoms with van der Waals surface area (Å²) in [5, 5.41) is 8.06. The molecular weight excluding hydrogens is 252 g/mol. The molecule has 2 heterocycles. The minimum Gasteiger partial charge on any atom is -0.481 e. The predicted molar refractivity (Wildman–Crippen MR) is 81.1 cm³/mol. The van der Waals surface area contributed by atoms with Gasteiger partial charge in [0, 0.05) is 26.2 Å². The van der Waals surface area contributed by atoms with Gasteiger partial charge in [0.25, 0.3) is 0 Å². The number of methoxy groups -OCH3 is 1. The van der Waals surface area contributed by atoms with Crippen LogP contribution in [0.1, 0.15) is 37.4 Å². The van der Waals surface area contributed by atoms with E-state index in [1.54, 1.807) is 7.11 Å². The summed E-state index contributed by atoms with van der Waals surface area (Å²) < 4.78 is 7.34. The van der Waals surface area contributed by atoms with E-state index in [1.165, 1.54) is 31.4 Å². The molecule has 1 aromatic heterocycles. The van der Waals surface area contributed by atoms with Crippen molar-refractivity contribution in [3.8, 4) is 5.88 Å². The summed E-state index contributed by atoms with van der Waals surface area (Å²) >= 11 is 0. The van der Waals surface area contributed by atoms with Crippen molar-refractivity contribution in [2.75, 3.05) is 26.7 Å². The average molecular weight is 280 g/mol. The molecule has 5 heteroatoms. The van der Waals surface area contributed by atoms with Crippen molar-refractivity contribution in [1.82, 2.24) is 20.0 Å². The molecule has 114 valence electrons. The van der Waals surface area contributed by atoms with E-state index in [0.717, 1.165) is 31.2 Å². The van der Waals surface area contributed by atoms with Gasteiger partial charge in [-0.2, -0.15) is 5.10 Å². The van der Waals surface area contributed by atoms with Crippen LogP contribution >= 0.6 is 0 Å².